The van der Waals surface area contributed by atoms with Crippen LogP contribution in [0, 0.1) is 18.3 Å². The second-order valence-electron chi connectivity index (χ2n) is 8.16. The second-order valence-corrected chi connectivity index (χ2v) is 8.16. The van der Waals surface area contributed by atoms with E-state index in [-0.39, 0.29) is 11.8 Å². The normalized spacial score (nSPS) is 14.7. The molecular formula is C29H22N2O3. The van der Waals surface area contributed by atoms with Gasteiger partial charge in [0.2, 0.25) is 5.88 Å². The van der Waals surface area contributed by atoms with Crippen molar-refractivity contribution in [2.45, 2.75) is 12.8 Å². The molecule has 1 heterocycles. The number of carbonyl (C=O) groups excluding carboxylic acids is 1. The third-order valence-electron chi connectivity index (χ3n) is 6.07. The van der Waals surface area contributed by atoms with Crippen molar-refractivity contribution in [3.63, 3.8) is 0 Å². The van der Waals surface area contributed by atoms with Crippen LogP contribution in [0.5, 0.6) is 11.5 Å². The van der Waals surface area contributed by atoms with Crippen molar-refractivity contribution in [1.82, 2.24) is 5.32 Å². The molecule has 4 aromatic carbocycles. The fraction of sp³-hybridized carbons (Fsp3) is 0.103. The van der Waals surface area contributed by atoms with Gasteiger partial charge < -0.3 is 9.47 Å². The smallest absolute Gasteiger partial charge is 0.261 e. The topological polar surface area (TPSA) is 71.3 Å². The van der Waals surface area contributed by atoms with E-state index >= 15 is 0 Å². The van der Waals surface area contributed by atoms with Crippen LogP contribution in [-0.4, -0.2) is 13.0 Å². The molecule has 0 radical (unpaired) electrons. The second kappa shape index (κ2) is 8.76. The number of nitriles is 1. The molecule has 0 aromatic heterocycles. The van der Waals surface area contributed by atoms with Gasteiger partial charge in [-0.3, -0.25) is 10.1 Å². The maximum atomic E-state index is 13.2. The van der Waals surface area contributed by atoms with E-state index in [0.29, 0.717) is 22.6 Å². The Morgan fingerprint density at radius 2 is 1.71 bits per heavy atom. The van der Waals surface area contributed by atoms with E-state index in [0.717, 1.165) is 27.5 Å². The largest absolute Gasteiger partial charge is 0.496 e. The molecule has 0 spiro atoms. The number of aryl methyl sites for hydroxylation is 1. The highest BCUT2D eigenvalue weighted by molar-refractivity contribution is 5.98. The molecular weight excluding hydrogens is 424 g/mol. The highest BCUT2D eigenvalue weighted by atomic mass is 16.5. The molecule has 5 nitrogen and oxygen atoms in total. The quantitative estimate of drug-likeness (QED) is 0.427. The first-order chi connectivity index (χ1) is 16.6. The number of methoxy groups -OCH3 is 1. The lowest BCUT2D eigenvalue weighted by atomic mass is 9.82. The van der Waals surface area contributed by atoms with Crippen LogP contribution in [-0.2, 0) is 0 Å². The SMILES string of the molecule is COc1ccccc1C(=O)NC1=C(C#N)[C@@H](c2ccc(C)cc2)c2ccc3ccccc3c2O1. The van der Waals surface area contributed by atoms with Crippen LogP contribution < -0.4 is 14.8 Å². The zero-order chi connectivity index (χ0) is 23.7. The average molecular weight is 447 g/mol. The van der Waals surface area contributed by atoms with Crippen LogP contribution in [0.1, 0.15) is 33.0 Å². The summed E-state index contributed by atoms with van der Waals surface area (Å²) in [6.45, 7) is 2.02. The number of amides is 1. The van der Waals surface area contributed by atoms with E-state index in [9.17, 15) is 10.1 Å². The molecule has 34 heavy (non-hydrogen) atoms. The summed E-state index contributed by atoms with van der Waals surface area (Å²) in [5.41, 5.74) is 3.66. The van der Waals surface area contributed by atoms with Gasteiger partial charge in [-0.25, -0.2) is 0 Å². The lowest BCUT2D eigenvalue weighted by Gasteiger charge is -2.29. The number of benzene rings is 4. The van der Waals surface area contributed by atoms with Gasteiger partial charge in [-0.1, -0.05) is 78.4 Å². The Balaban J connectivity index is 1.67. The predicted octanol–water partition coefficient (Wildman–Crippen LogP) is 5.85. The number of rotatable bonds is 4. The summed E-state index contributed by atoms with van der Waals surface area (Å²) in [5, 5.41) is 15.0. The zero-order valence-electron chi connectivity index (χ0n) is 18.8. The van der Waals surface area contributed by atoms with E-state index in [2.05, 4.69) is 11.4 Å². The Kier molecular flexibility index (Phi) is 5.49. The molecule has 5 heteroatoms. The third kappa shape index (κ3) is 3.66. The number of allylic oxidation sites excluding steroid dienone is 1. The summed E-state index contributed by atoms with van der Waals surface area (Å²) in [5.74, 6) is 0.417. The van der Waals surface area contributed by atoms with Crippen molar-refractivity contribution in [3.05, 3.63) is 119 Å². The monoisotopic (exact) mass is 446 g/mol. The molecule has 0 saturated heterocycles. The van der Waals surface area contributed by atoms with Crippen LogP contribution in [0.25, 0.3) is 10.8 Å². The Morgan fingerprint density at radius 1 is 0.971 bits per heavy atom. The molecule has 0 saturated carbocycles. The Bertz CT molecular complexity index is 1480. The van der Waals surface area contributed by atoms with Crippen LogP contribution >= 0.6 is 0 Å². The van der Waals surface area contributed by atoms with Crippen molar-refractivity contribution in [2.24, 2.45) is 0 Å². The van der Waals surface area contributed by atoms with Crippen molar-refractivity contribution < 1.29 is 14.3 Å². The van der Waals surface area contributed by atoms with Crippen molar-refractivity contribution in [1.29, 1.82) is 5.26 Å². The maximum absolute atomic E-state index is 13.2. The number of nitrogens with one attached hydrogen (secondary N) is 1. The van der Waals surface area contributed by atoms with Crippen molar-refractivity contribution in [2.75, 3.05) is 7.11 Å². The van der Waals surface area contributed by atoms with Crippen LogP contribution in [0.2, 0.25) is 0 Å². The van der Waals surface area contributed by atoms with Crippen LogP contribution in [0.3, 0.4) is 0 Å². The van der Waals surface area contributed by atoms with Gasteiger partial charge in [0.1, 0.15) is 23.1 Å². The summed E-state index contributed by atoms with van der Waals surface area (Å²) in [7, 11) is 1.51. The highest BCUT2D eigenvalue weighted by Gasteiger charge is 2.33. The molecule has 166 valence electrons. The van der Waals surface area contributed by atoms with E-state index < -0.39 is 5.91 Å². The molecule has 1 aliphatic heterocycles. The summed E-state index contributed by atoms with van der Waals surface area (Å²) in [6, 6.07) is 29.3. The lowest BCUT2D eigenvalue weighted by Crippen LogP contribution is -2.31. The van der Waals surface area contributed by atoms with Crippen LogP contribution in [0.4, 0.5) is 0 Å². The number of ether oxygens (including phenoxy) is 2. The number of hydrogen-bond acceptors (Lipinski definition) is 4. The number of nitrogens with zero attached hydrogens (tertiary/aromatic N) is 1. The minimum atomic E-state index is -0.411. The van der Waals surface area contributed by atoms with Crippen LogP contribution in [0.15, 0.2) is 96.4 Å². The number of para-hydroxylation sites is 1. The standard InChI is InChI=1S/C29H22N2O3/c1-18-11-13-20(14-12-18)26-23-16-15-19-7-3-4-8-21(19)27(23)34-29(24(26)17-30)31-28(32)22-9-5-6-10-25(22)33-2/h3-16,26H,1-2H3,(H,31,32)/t26-/m0/s1. The molecule has 0 bridgehead atoms. The van der Waals surface area contributed by atoms with E-state index in [1.165, 1.54) is 7.11 Å². The third-order valence-corrected chi connectivity index (χ3v) is 6.07. The van der Waals surface area contributed by atoms with E-state index in [1.54, 1.807) is 24.3 Å². The summed E-state index contributed by atoms with van der Waals surface area (Å²) < 4.78 is 11.6. The fourth-order valence-electron chi connectivity index (χ4n) is 4.36. The maximum Gasteiger partial charge on any atom is 0.261 e. The predicted molar refractivity (Wildman–Crippen MR) is 131 cm³/mol. The van der Waals surface area contributed by atoms with Gasteiger partial charge >= 0.3 is 0 Å². The Morgan fingerprint density at radius 3 is 2.47 bits per heavy atom. The van der Waals surface area contributed by atoms with Crippen molar-refractivity contribution in [3.8, 4) is 17.6 Å². The molecule has 5 rings (SSSR count). The molecule has 1 atom stereocenters. The van der Waals surface area contributed by atoms with Gasteiger partial charge in [0.25, 0.3) is 5.91 Å². The number of carbonyl (C=O) groups is 1. The van der Waals surface area contributed by atoms with Gasteiger partial charge in [0.05, 0.1) is 18.6 Å². The van der Waals surface area contributed by atoms with Gasteiger partial charge in [-0.2, -0.15) is 5.26 Å². The number of fused-ring (bicyclic) bond motifs is 3. The Hall–Kier alpha value is -4.56. The van der Waals surface area contributed by atoms with Gasteiger partial charge in [0, 0.05) is 10.9 Å². The molecule has 4 aromatic rings. The van der Waals surface area contributed by atoms with E-state index in [4.69, 9.17) is 9.47 Å². The molecule has 0 aliphatic carbocycles. The minimum Gasteiger partial charge on any atom is -0.496 e. The van der Waals surface area contributed by atoms with Crippen molar-refractivity contribution >= 4 is 16.7 Å². The van der Waals surface area contributed by atoms with Gasteiger partial charge in [-0.15, -0.1) is 0 Å². The summed E-state index contributed by atoms with van der Waals surface area (Å²) in [6.07, 6.45) is 0. The van der Waals surface area contributed by atoms with E-state index in [1.807, 2.05) is 67.6 Å². The average Bonchev–Trinajstić information content (AvgIpc) is 2.88. The van der Waals surface area contributed by atoms with Gasteiger partial charge in [-0.05, 0) is 30.0 Å². The summed E-state index contributed by atoms with van der Waals surface area (Å²) >= 11 is 0. The minimum absolute atomic E-state index is 0.132. The lowest BCUT2D eigenvalue weighted by molar-refractivity contribution is 0.0945. The molecule has 1 aliphatic rings. The first-order valence-electron chi connectivity index (χ1n) is 11.0. The zero-order valence-corrected chi connectivity index (χ0v) is 18.8. The first kappa shape index (κ1) is 21.3. The molecule has 0 unspecified atom stereocenters. The molecule has 1 amide bonds. The molecule has 1 N–H and O–H groups in total. The highest BCUT2D eigenvalue weighted by Crippen LogP contribution is 2.45. The first-order valence-corrected chi connectivity index (χ1v) is 11.0. The number of hydrogen-bond donors (Lipinski definition) is 1. The molecule has 0 fully saturated rings. The fourth-order valence-corrected chi connectivity index (χ4v) is 4.36. The Labute approximate surface area is 197 Å². The van der Waals surface area contributed by atoms with Gasteiger partial charge in [0.15, 0.2) is 0 Å². The summed E-state index contributed by atoms with van der Waals surface area (Å²) in [4.78, 5) is 13.2.